The highest BCUT2D eigenvalue weighted by atomic mass is 15.0. The second-order valence-electron chi connectivity index (χ2n) is 8.69. The van der Waals surface area contributed by atoms with Gasteiger partial charge in [-0.15, -0.1) is 0 Å². The van der Waals surface area contributed by atoms with E-state index < -0.39 is 0 Å². The molecule has 1 aliphatic carbocycles. The Bertz CT molecular complexity index is 1420. The highest BCUT2D eigenvalue weighted by Gasteiger charge is 2.40. The van der Waals surface area contributed by atoms with Crippen LogP contribution in [0.3, 0.4) is 0 Å². The normalized spacial score (nSPS) is 14.1. The van der Waals surface area contributed by atoms with Crippen molar-refractivity contribution in [2.24, 2.45) is 0 Å². The lowest BCUT2D eigenvalue weighted by atomic mass is 9.73. The maximum absolute atomic E-state index is 6.22. The van der Waals surface area contributed by atoms with Crippen LogP contribution in [0.25, 0.3) is 38.6 Å². The quantitative estimate of drug-likeness (QED) is 0.300. The number of hydrogen-bond acceptors (Lipinski definition) is 0. The minimum absolute atomic E-state index is 0.00875. The molecule has 1 aromatic heterocycles. The number of rotatable bonds is 3. The molecule has 4 aromatic carbocycles. The summed E-state index contributed by atoms with van der Waals surface area (Å²) >= 11 is 0. The van der Waals surface area contributed by atoms with Gasteiger partial charge in [0.25, 0.3) is 0 Å². The standard InChI is InChI=1S/C29H24BN/c1-3-29(4-2)25-17-19(30)13-15-21(25)22-16-14-20(18-26(22)29)31-27-11-7-5-9-23(27)24-10-6-8-12-28(24)31/h5-18H,3-4H2,1-2H3. The van der Waals surface area contributed by atoms with Crippen molar-refractivity contribution in [3.8, 4) is 16.8 Å². The van der Waals surface area contributed by atoms with E-state index in [1.165, 1.54) is 49.7 Å². The predicted molar refractivity (Wildman–Crippen MR) is 133 cm³/mol. The molecule has 0 saturated heterocycles. The highest BCUT2D eigenvalue weighted by molar-refractivity contribution is 6.32. The van der Waals surface area contributed by atoms with E-state index >= 15 is 0 Å². The summed E-state index contributed by atoms with van der Waals surface area (Å²) in [4.78, 5) is 0. The van der Waals surface area contributed by atoms with Crippen LogP contribution in [-0.2, 0) is 5.41 Å². The summed E-state index contributed by atoms with van der Waals surface area (Å²) in [7, 11) is 6.22. The molecule has 0 N–H and O–H groups in total. The lowest BCUT2D eigenvalue weighted by molar-refractivity contribution is 0.490. The Morgan fingerprint density at radius 2 is 1.23 bits per heavy atom. The number of fused-ring (bicyclic) bond motifs is 6. The molecule has 31 heavy (non-hydrogen) atoms. The molecule has 0 spiro atoms. The first-order valence-electron chi connectivity index (χ1n) is 11.2. The van der Waals surface area contributed by atoms with Gasteiger partial charge in [-0.2, -0.15) is 0 Å². The van der Waals surface area contributed by atoms with E-state index in [0.717, 1.165) is 18.3 Å². The third-order valence-electron chi connectivity index (χ3n) is 7.41. The molecular weight excluding hydrogens is 373 g/mol. The van der Waals surface area contributed by atoms with E-state index in [1.807, 2.05) is 6.07 Å². The van der Waals surface area contributed by atoms with Gasteiger partial charge in [0.15, 0.2) is 0 Å². The molecule has 0 amide bonds. The van der Waals surface area contributed by atoms with E-state index in [0.29, 0.717) is 0 Å². The Balaban J connectivity index is 1.67. The second kappa shape index (κ2) is 6.62. The minimum Gasteiger partial charge on any atom is -0.309 e. The average molecular weight is 397 g/mol. The van der Waals surface area contributed by atoms with E-state index in [9.17, 15) is 0 Å². The van der Waals surface area contributed by atoms with Crippen LogP contribution in [0, 0.1) is 0 Å². The van der Waals surface area contributed by atoms with Crippen LogP contribution in [0.4, 0.5) is 0 Å². The van der Waals surface area contributed by atoms with Gasteiger partial charge >= 0.3 is 0 Å². The molecule has 148 valence electrons. The van der Waals surface area contributed by atoms with Crippen LogP contribution >= 0.6 is 0 Å². The number of hydrogen-bond donors (Lipinski definition) is 0. The van der Waals surface area contributed by atoms with Crippen LogP contribution in [0.15, 0.2) is 84.9 Å². The monoisotopic (exact) mass is 397 g/mol. The SMILES string of the molecule is [B]c1ccc2c(c1)C(CC)(CC)c1cc(-n3c4ccccc4c4ccccc43)ccc1-2. The fourth-order valence-corrected chi connectivity index (χ4v) is 5.85. The molecule has 2 heteroatoms. The Kier molecular flexibility index (Phi) is 3.95. The molecule has 0 fully saturated rings. The van der Waals surface area contributed by atoms with Crippen molar-refractivity contribution in [1.82, 2.24) is 4.57 Å². The molecule has 6 rings (SSSR count). The van der Waals surface area contributed by atoms with Crippen molar-refractivity contribution in [3.63, 3.8) is 0 Å². The van der Waals surface area contributed by atoms with Crippen LogP contribution in [0.1, 0.15) is 37.8 Å². The smallest absolute Gasteiger partial charge is 0.113 e. The zero-order valence-corrected chi connectivity index (χ0v) is 18.0. The summed E-state index contributed by atoms with van der Waals surface area (Å²) < 4.78 is 2.42. The summed E-state index contributed by atoms with van der Waals surface area (Å²) in [5.74, 6) is 0. The van der Waals surface area contributed by atoms with Crippen molar-refractivity contribution >= 4 is 35.1 Å². The molecule has 0 atom stereocenters. The Hall–Kier alpha value is -3.26. The van der Waals surface area contributed by atoms with Gasteiger partial charge in [0.1, 0.15) is 7.85 Å². The number of nitrogens with zero attached hydrogens (tertiary/aromatic N) is 1. The lowest BCUT2D eigenvalue weighted by Crippen LogP contribution is -2.24. The molecular formula is C29H24BN. The lowest BCUT2D eigenvalue weighted by Gasteiger charge is -2.30. The third-order valence-corrected chi connectivity index (χ3v) is 7.41. The first-order valence-corrected chi connectivity index (χ1v) is 11.2. The number of para-hydroxylation sites is 2. The summed E-state index contributed by atoms with van der Waals surface area (Å²) in [5, 5.41) is 2.60. The molecule has 0 unspecified atom stereocenters. The third kappa shape index (κ3) is 2.39. The molecule has 2 radical (unpaired) electrons. The van der Waals surface area contributed by atoms with Crippen molar-refractivity contribution in [2.45, 2.75) is 32.1 Å². The van der Waals surface area contributed by atoms with E-state index in [2.05, 4.69) is 97.3 Å². The van der Waals surface area contributed by atoms with Gasteiger partial charge in [0.2, 0.25) is 0 Å². The average Bonchev–Trinajstić information content (AvgIpc) is 3.28. The van der Waals surface area contributed by atoms with Crippen molar-refractivity contribution in [2.75, 3.05) is 0 Å². The van der Waals surface area contributed by atoms with Crippen LogP contribution in [0.2, 0.25) is 0 Å². The molecule has 5 aromatic rings. The van der Waals surface area contributed by atoms with Crippen LogP contribution < -0.4 is 5.46 Å². The second-order valence-corrected chi connectivity index (χ2v) is 8.69. The summed E-state index contributed by atoms with van der Waals surface area (Å²) in [6, 6.07) is 30.9. The largest absolute Gasteiger partial charge is 0.309 e. The van der Waals surface area contributed by atoms with Gasteiger partial charge in [-0.1, -0.05) is 80.0 Å². The summed E-state index contributed by atoms with van der Waals surface area (Å²) in [6.07, 6.45) is 2.12. The van der Waals surface area contributed by atoms with E-state index in [-0.39, 0.29) is 5.41 Å². The molecule has 0 bridgehead atoms. The minimum atomic E-state index is 0.00875. The van der Waals surface area contributed by atoms with Gasteiger partial charge in [-0.3, -0.25) is 0 Å². The van der Waals surface area contributed by atoms with Crippen molar-refractivity contribution in [3.05, 3.63) is 96.1 Å². The summed E-state index contributed by atoms with van der Waals surface area (Å²) in [6.45, 7) is 4.61. The van der Waals surface area contributed by atoms with Gasteiger partial charge in [0, 0.05) is 21.9 Å². The molecule has 0 aliphatic heterocycles. The maximum Gasteiger partial charge on any atom is 0.113 e. The van der Waals surface area contributed by atoms with Gasteiger partial charge < -0.3 is 4.57 Å². The Morgan fingerprint density at radius 3 is 1.84 bits per heavy atom. The number of benzene rings is 4. The molecule has 0 saturated carbocycles. The van der Waals surface area contributed by atoms with Crippen molar-refractivity contribution < 1.29 is 0 Å². The number of aromatic nitrogens is 1. The zero-order chi connectivity index (χ0) is 21.2. The molecule has 1 aliphatic rings. The Labute approximate surface area is 184 Å². The molecule has 1 nitrogen and oxygen atoms in total. The van der Waals surface area contributed by atoms with Gasteiger partial charge in [0.05, 0.1) is 11.0 Å². The fourth-order valence-electron chi connectivity index (χ4n) is 5.85. The first kappa shape index (κ1) is 18.5. The Morgan fingerprint density at radius 1 is 0.677 bits per heavy atom. The highest BCUT2D eigenvalue weighted by Crippen LogP contribution is 2.53. The topological polar surface area (TPSA) is 4.93 Å². The van der Waals surface area contributed by atoms with Crippen LogP contribution in [0.5, 0.6) is 0 Å². The summed E-state index contributed by atoms with van der Waals surface area (Å²) in [5.41, 5.74) is 10.1. The van der Waals surface area contributed by atoms with E-state index in [1.54, 1.807) is 0 Å². The predicted octanol–water partition coefficient (Wildman–Crippen LogP) is 6.66. The van der Waals surface area contributed by atoms with Gasteiger partial charge in [-0.05, 0) is 59.4 Å². The van der Waals surface area contributed by atoms with Crippen LogP contribution in [-0.4, -0.2) is 12.4 Å². The fraction of sp³-hybridized carbons (Fsp3) is 0.172. The molecule has 1 heterocycles. The zero-order valence-electron chi connectivity index (χ0n) is 18.0. The van der Waals surface area contributed by atoms with Gasteiger partial charge in [-0.25, -0.2) is 0 Å². The first-order chi connectivity index (χ1) is 15.2. The maximum atomic E-state index is 6.22. The van der Waals surface area contributed by atoms with Crippen molar-refractivity contribution in [1.29, 1.82) is 0 Å². The van der Waals surface area contributed by atoms with E-state index in [4.69, 9.17) is 7.85 Å².